The van der Waals surface area contributed by atoms with Crippen molar-refractivity contribution < 1.29 is 14.3 Å². The zero-order chi connectivity index (χ0) is 15.9. The molecule has 0 atom stereocenters. The molecule has 0 N–H and O–H groups in total. The fourth-order valence-electron chi connectivity index (χ4n) is 1.60. The molecule has 0 radical (unpaired) electrons. The second kappa shape index (κ2) is 7.69. The highest BCUT2D eigenvalue weighted by Crippen LogP contribution is 2.22. The predicted molar refractivity (Wildman–Crippen MR) is 82.9 cm³/mol. The van der Waals surface area contributed by atoms with Crippen molar-refractivity contribution in [3.63, 3.8) is 0 Å². The van der Waals surface area contributed by atoms with Crippen molar-refractivity contribution in [1.82, 2.24) is 0 Å². The van der Waals surface area contributed by atoms with Crippen LogP contribution in [-0.2, 0) is 16.1 Å². The third-order valence-corrected chi connectivity index (χ3v) is 3.46. The van der Waals surface area contributed by atoms with Crippen LogP contribution in [0.1, 0.15) is 11.1 Å². The molecule has 0 aliphatic heterocycles. The molecule has 22 heavy (non-hydrogen) atoms. The number of hydrogen-bond acceptors (Lipinski definition) is 4. The van der Waals surface area contributed by atoms with Gasteiger partial charge in [-0.3, -0.25) is 0 Å². The maximum absolute atomic E-state index is 11.6. The number of esters is 1. The van der Waals surface area contributed by atoms with Crippen LogP contribution < -0.4 is 4.74 Å². The average molecular weight is 336 g/mol. The Balaban J connectivity index is 1.80. The molecule has 0 aromatic heterocycles. The van der Waals surface area contributed by atoms with Crippen molar-refractivity contribution in [2.75, 3.05) is 6.61 Å². The van der Waals surface area contributed by atoms with Crippen LogP contribution in [0.2, 0.25) is 10.0 Å². The number of carbonyl (C=O) groups is 1. The Morgan fingerprint density at radius 1 is 1.09 bits per heavy atom. The number of hydrogen-bond donors (Lipinski definition) is 0. The van der Waals surface area contributed by atoms with E-state index >= 15 is 0 Å². The Labute approximate surface area is 137 Å². The molecule has 0 heterocycles. The van der Waals surface area contributed by atoms with E-state index in [-0.39, 0.29) is 13.2 Å². The number of nitriles is 1. The van der Waals surface area contributed by atoms with Gasteiger partial charge in [-0.2, -0.15) is 5.26 Å². The average Bonchev–Trinajstić information content (AvgIpc) is 2.54. The maximum atomic E-state index is 11.6. The van der Waals surface area contributed by atoms with Crippen LogP contribution in [-0.4, -0.2) is 12.6 Å². The summed E-state index contributed by atoms with van der Waals surface area (Å²) in [5.74, 6) is -0.0130. The summed E-state index contributed by atoms with van der Waals surface area (Å²) >= 11 is 11.7. The number of ether oxygens (including phenoxy) is 2. The lowest BCUT2D eigenvalue weighted by Gasteiger charge is -2.07. The van der Waals surface area contributed by atoms with E-state index in [1.54, 1.807) is 42.5 Å². The first-order valence-corrected chi connectivity index (χ1v) is 7.06. The molecule has 0 aliphatic carbocycles. The molecule has 0 bridgehead atoms. The van der Waals surface area contributed by atoms with Gasteiger partial charge in [-0.1, -0.05) is 29.3 Å². The summed E-state index contributed by atoms with van der Waals surface area (Å²) in [7, 11) is 0. The topological polar surface area (TPSA) is 59.3 Å². The molecule has 6 heteroatoms. The van der Waals surface area contributed by atoms with Crippen molar-refractivity contribution in [2.45, 2.75) is 6.61 Å². The minimum absolute atomic E-state index is 0.0897. The second-order valence-corrected chi connectivity index (χ2v) is 5.15. The van der Waals surface area contributed by atoms with E-state index in [4.69, 9.17) is 37.9 Å². The van der Waals surface area contributed by atoms with Crippen molar-refractivity contribution in [3.05, 3.63) is 63.6 Å². The van der Waals surface area contributed by atoms with Gasteiger partial charge in [-0.05, 0) is 42.0 Å². The van der Waals surface area contributed by atoms with Crippen LogP contribution in [0.25, 0.3) is 0 Å². The standard InChI is InChI=1S/C16H11Cl2NO3/c17-14-6-3-12(7-15(14)18)9-22-16(20)10-21-13-4-1-11(8-19)2-5-13/h1-7H,9-10H2. The summed E-state index contributed by atoms with van der Waals surface area (Å²) in [5, 5.41) is 9.53. The van der Waals surface area contributed by atoms with Crippen LogP contribution in [0.15, 0.2) is 42.5 Å². The summed E-state index contributed by atoms with van der Waals surface area (Å²) in [4.78, 5) is 11.6. The summed E-state index contributed by atoms with van der Waals surface area (Å²) in [6.45, 7) is -0.125. The lowest BCUT2D eigenvalue weighted by molar-refractivity contribution is -0.147. The van der Waals surface area contributed by atoms with E-state index < -0.39 is 5.97 Å². The molecule has 0 saturated heterocycles. The molecule has 0 aliphatic rings. The zero-order valence-corrected chi connectivity index (χ0v) is 12.9. The Bertz CT molecular complexity index is 708. The highest BCUT2D eigenvalue weighted by Gasteiger charge is 2.06. The van der Waals surface area contributed by atoms with Crippen molar-refractivity contribution >= 4 is 29.2 Å². The lowest BCUT2D eigenvalue weighted by Crippen LogP contribution is -2.14. The molecular formula is C16H11Cl2NO3. The highest BCUT2D eigenvalue weighted by molar-refractivity contribution is 6.42. The first-order valence-electron chi connectivity index (χ1n) is 6.31. The summed E-state index contributed by atoms with van der Waals surface area (Å²) in [6.07, 6.45) is 0. The van der Waals surface area contributed by atoms with Gasteiger partial charge in [-0.15, -0.1) is 0 Å². The summed E-state index contributed by atoms with van der Waals surface area (Å²) < 4.78 is 10.3. The van der Waals surface area contributed by atoms with Gasteiger partial charge in [0.2, 0.25) is 0 Å². The van der Waals surface area contributed by atoms with Crippen LogP contribution >= 0.6 is 23.2 Å². The van der Waals surface area contributed by atoms with E-state index in [0.29, 0.717) is 21.4 Å². The summed E-state index contributed by atoms with van der Waals surface area (Å²) in [5.41, 5.74) is 1.26. The lowest BCUT2D eigenvalue weighted by atomic mass is 10.2. The first kappa shape index (κ1) is 16.2. The molecule has 2 aromatic rings. The van der Waals surface area contributed by atoms with E-state index in [1.807, 2.05) is 6.07 Å². The van der Waals surface area contributed by atoms with Crippen molar-refractivity contribution in [2.24, 2.45) is 0 Å². The first-order chi connectivity index (χ1) is 10.6. The molecule has 0 spiro atoms. The number of carbonyl (C=O) groups excluding carboxylic acids is 1. The number of benzene rings is 2. The molecule has 0 saturated carbocycles. The smallest absolute Gasteiger partial charge is 0.344 e. The maximum Gasteiger partial charge on any atom is 0.344 e. The largest absolute Gasteiger partial charge is 0.482 e. The molecule has 0 unspecified atom stereocenters. The van der Waals surface area contributed by atoms with Crippen LogP contribution in [0.5, 0.6) is 5.75 Å². The van der Waals surface area contributed by atoms with Gasteiger partial charge >= 0.3 is 5.97 Å². The second-order valence-electron chi connectivity index (χ2n) is 4.33. The normalized spacial score (nSPS) is 9.86. The van der Waals surface area contributed by atoms with Gasteiger partial charge in [0.05, 0.1) is 21.7 Å². The third-order valence-electron chi connectivity index (χ3n) is 2.72. The van der Waals surface area contributed by atoms with Gasteiger partial charge in [0, 0.05) is 0 Å². The molecular weight excluding hydrogens is 325 g/mol. The van der Waals surface area contributed by atoms with E-state index in [0.717, 1.165) is 5.56 Å². The minimum Gasteiger partial charge on any atom is -0.482 e. The Hall–Kier alpha value is -2.22. The molecule has 4 nitrogen and oxygen atoms in total. The highest BCUT2D eigenvalue weighted by atomic mass is 35.5. The fraction of sp³-hybridized carbons (Fsp3) is 0.125. The molecule has 112 valence electrons. The summed E-state index contributed by atoms with van der Waals surface area (Å²) in [6, 6.07) is 13.4. The molecule has 2 rings (SSSR count). The zero-order valence-electron chi connectivity index (χ0n) is 11.4. The fourth-order valence-corrected chi connectivity index (χ4v) is 1.92. The van der Waals surface area contributed by atoms with Gasteiger partial charge < -0.3 is 9.47 Å². The van der Waals surface area contributed by atoms with E-state index in [9.17, 15) is 4.79 Å². The Morgan fingerprint density at radius 2 is 1.82 bits per heavy atom. The van der Waals surface area contributed by atoms with Crippen LogP contribution in [0, 0.1) is 11.3 Å². The molecule has 2 aromatic carbocycles. The van der Waals surface area contributed by atoms with Crippen molar-refractivity contribution in [1.29, 1.82) is 5.26 Å². The van der Waals surface area contributed by atoms with E-state index in [2.05, 4.69) is 0 Å². The van der Waals surface area contributed by atoms with Gasteiger partial charge in [0.15, 0.2) is 6.61 Å². The van der Waals surface area contributed by atoms with Crippen LogP contribution in [0.4, 0.5) is 0 Å². The van der Waals surface area contributed by atoms with Crippen molar-refractivity contribution in [3.8, 4) is 11.8 Å². The SMILES string of the molecule is N#Cc1ccc(OCC(=O)OCc2ccc(Cl)c(Cl)c2)cc1. The molecule has 0 amide bonds. The monoisotopic (exact) mass is 335 g/mol. The van der Waals surface area contributed by atoms with Gasteiger partial charge in [-0.25, -0.2) is 4.79 Å². The number of halogens is 2. The number of nitrogens with zero attached hydrogens (tertiary/aromatic N) is 1. The van der Waals surface area contributed by atoms with Gasteiger partial charge in [0.1, 0.15) is 12.4 Å². The van der Waals surface area contributed by atoms with Crippen LogP contribution in [0.3, 0.4) is 0 Å². The van der Waals surface area contributed by atoms with Gasteiger partial charge in [0.25, 0.3) is 0 Å². The van der Waals surface area contributed by atoms with E-state index in [1.165, 1.54) is 0 Å². The third kappa shape index (κ3) is 4.66. The minimum atomic E-state index is -0.504. The Morgan fingerprint density at radius 3 is 2.45 bits per heavy atom. The predicted octanol–water partition coefficient (Wildman–Crippen LogP) is 3.99. The molecule has 0 fully saturated rings. The quantitative estimate of drug-likeness (QED) is 0.775. The Kier molecular flexibility index (Phi) is 5.65. The number of rotatable bonds is 5.